The number of nitrogens with two attached hydrogens (primary N) is 1. The predicted molar refractivity (Wildman–Crippen MR) is 72.2 cm³/mol. The Hall–Kier alpha value is -1.20. The monoisotopic (exact) mass is 251 g/mol. The van der Waals surface area contributed by atoms with Gasteiger partial charge in [0.25, 0.3) is 0 Å². The van der Waals surface area contributed by atoms with Crippen LogP contribution in [-0.4, -0.2) is 28.7 Å². The van der Waals surface area contributed by atoms with Crippen molar-refractivity contribution in [3.05, 3.63) is 23.9 Å². The first-order valence-corrected chi connectivity index (χ1v) is 6.24. The Morgan fingerprint density at radius 3 is 3.06 bits per heavy atom. The van der Waals surface area contributed by atoms with Gasteiger partial charge in [-0.15, -0.1) is 0 Å². The molecular weight excluding hydrogens is 234 g/mol. The third-order valence-electron chi connectivity index (χ3n) is 2.91. The number of anilines is 1. The summed E-state index contributed by atoms with van der Waals surface area (Å²) < 4.78 is 5.51. The van der Waals surface area contributed by atoms with Gasteiger partial charge in [-0.05, 0) is 31.9 Å². The second kappa shape index (κ2) is 5.42. The van der Waals surface area contributed by atoms with E-state index in [-0.39, 0.29) is 0 Å². The first-order valence-electron chi connectivity index (χ1n) is 5.83. The van der Waals surface area contributed by atoms with Gasteiger partial charge in [-0.25, -0.2) is 4.98 Å². The van der Waals surface area contributed by atoms with Crippen molar-refractivity contribution in [1.29, 1.82) is 0 Å². The van der Waals surface area contributed by atoms with E-state index in [4.69, 9.17) is 22.7 Å². The average Bonchev–Trinajstić information content (AvgIpc) is 2.26. The summed E-state index contributed by atoms with van der Waals surface area (Å²) in [5, 5.41) is 3.36. The van der Waals surface area contributed by atoms with Gasteiger partial charge in [0.1, 0.15) is 10.8 Å². The minimum atomic E-state index is 0.376. The highest BCUT2D eigenvalue weighted by Gasteiger charge is 2.30. The van der Waals surface area contributed by atoms with E-state index in [0.717, 1.165) is 30.8 Å². The average molecular weight is 251 g/mol. The van der Waals surface area contributed by atoms with Crippen molar-refractivity contribution in [1.82, 2.24) is 4.98 Å². The predicted octanol–water partition coefficient (Wildman–Crippen LogP) is 1.70. The highest BCUT2D eigenvalue weighted by Crippen LogP contribution is 2.27. The molecular formula is C12H17N3OS. The fraction of sp³-hybridized carbons (Fsp3) is 0.500. The maximum atomic E-state index is 5.65. The standard InChI is InChI=1S/C12H17N3OS/c1-2-16-9-6-8(7-9)15-12-10(11(13)17)4-3-5-14-12/h3-5,8-9H,2,6-7H2,1H3,(H2,13,17)(H,14,15). The summed E-state index contributed by atoms with van der Waals surface area (Å²) in [5.41, 5.74) is 6.46. The highest BCUT2D eigenvalue weighted by atomic mass is 32.1. The van der Waals surface area contributed by atoms with Gasteiger partial charge in [0.2, 0.25) is 0 Å². The van der Waals surface area contributed by atoms with Gasteiger partial charge in [-0.1, -0.05) is 12.2 Å². The van der Waals surface area contributed by atoms with Crippen LogP contribution in [-0.2, 0) is 4.74 Å². The maximum absolute atomic E-state index is 5.65. The molecule has 5 heteroatoms. The Bertz CT molecular complexity index is 404. The van der Waals surface area contributed by atoms with Crippen LogP contribution in [0.2, 0.25) is 0 Å². The Morgan fingerprint density at radius 2 is 2.41 bits per heavy atom. The van der Waals surface area contributed by atoms with Gasteiger partial charge < -0.3 is 15.8 Å². The maximum Gasteiger partial charge on any atom is 0.136 e. The van der Waals surface area contributed by atoms with E-state index >= 15 is 0 Å². The zero-order chi connectivity index (χ0) is 12.3. The van der Waals surface area contributed by atoms with Crippen LogP contribution in [0.5, 0.6) is 0 Å². The van der Waals surface area contributed by atoms with Crippen LogP contribution in [0, 0.1) is 0 Å². The zero-order valence-corrected chi connectivity index (χ0v) is 10.7. The van der Waals surface area contributed by atoms with Crippen LogP contribution in [0.15, 0.2) is 18.3 Å². The van der Waals surface area contributed by atoms with Crippen LogP contribution in [0.25, 0.3) is 0 Å². The lowest BCUT2D eigenvalue weighted by molar-refractivity contribution is 0.00292. The fourth-order valence-electron chi connectivity index (χ4n) is 1.97. The Kier molecular flexibility index (Phi) is 3.91. The number of rotatable bonds is 5. The molecule has 1 saturated carbocycles. The van der Waals surface area contributed by atoms with Crippen molar-refractivity contribution >= 4 is 23.0 Å². The highest BCUT2D eigenvalue weighted by molar-refractivity contribution is 7.80. The van der Waals surface area contributed by atoms with E-state index in [9.17, 15) is 0 Å². The number of nitrogens with zero attached hydrogens (tertiary/aromatic N) is 1. The van der Waals surface area contributed by atoms with Crippen LogP contribution >= 0.6 is 12.2 Å². The van der Waals surface area contributed by atoms with E-state index < -0.39 is 0 Å². The summed E-state index contributed by atoms with van der Waals surface area (Å²) in [7, 11) is 0. The second-order valence-corrected chi connectivity index (χ2v) is 4.59. The van der Waals surface area contributed by atoms with Gasteiger partial charge in [0.15, 0.2) is 0 Å². The molecule has 3 N–H and O–H groups in total. The quantitative estimate of drug-likeness (QED) is 0.780. The van der Waals surface area contributed by atoms with Crippen molar-refractivity contribution in [3.8, 4) is 0 Å². The molecule has 0 bridgehead atoms. The van der Waals surface area contributed by atoms with E-state index in [0.29, 0.717) is 17.1 Å². The molecule has 0 aromatic carbocycles. The number of hydrogen-bond donors (Lipinski definition) is 2. The SMILES string of the molecule is CCOC1CC(Nc2ncccc2C(N)=S)C1. The summed E-state index contributed by atoms with van der Waals surface area (Å²) >= 11 is 4.99. The molecule has 0 unspecified atom stereocenters. The molecule has 92 valence electrons. The molecule has 2 rings (SSSR count). The van der Waals surface area contributed by atoms with Gasteiger partial charge in [-0.3, -0.25) is 0 Å². The molecule has 0 radical (unpaired) electrons. The summed E-state index contributed by atoms with van der Waals surface area (Å²) in [6.45, 7) is 2.80. The summed E-state index contributed by atoms with van der Waals surface area (Å²) in [4.78, 5) is 4.65. The lowest BCUT2D eigenvalue weighted by atomic mass is 9.89. The molecule has 1 aliphatic rings. The van der Waals surface area contributed by atoms with Gasteiger partial charge in [0.05, 0.1) is 11.7 Å². The molecule has 17 heavy (non-hydrogen) atoms. The molecule has 0 atom stereocenters. The Balaban J connectivity index is 1.94. The summed E-state index contributed by atoms with van der Waals surface area (Å²) in [5.74, 6) is 0.778. The second-order valence-electron chi connectivity index (χ2n) is 4.15. The molecule has 4 nitrogen and oxygen atoms in total. The van der Waals surface area contributed by atoms with Crippen LogP contribution < -0.4 is 11.1 Å². The van der Waals surface area contributed by atoms with Crippen molar-refractivity contribution in [2.45, 2.75) is 31.9 Å². The number of pyridine rings is 1. The topological polar surface area (TPSA) is 60.2 Å². The van der Waals surface area contributed by atoms with Crippen molar-refractivity contribution < 1.29 is 4.74 Å². The van der Waals surface area contributed by atoms with E-state index in [1.54, 1.807) is 6.20 Å². The van der Waals surface area contributed by atoms with Gasteiger partial charge >= 0.3 is 0 Å². The minimum Gasteiger partial charge on any atom is -0.389 e. The fourth-order valence-corrected chi connectivity index (χ4v) is 2.13. The molecule has 1 heterocycles. The molecule has 0 spiro atoms. The molecule has 0 amide bonds. The number of aromatic nitrogens is 1. The Labute approximate surface area is 107 Å². The van der Waals surface area contributed by atoms with Crippen LogP contribution in [0.1, 0.15) is 25.3 Å². The number of thiocarbonyl (C=S) groups is 1. The summed E-state index contributed by atoms with van der Waals surface area (Å²) in [6.07, 6.45) is 4.15. The first-order chi connectivity index (χ1) is 8.20. The smallest absolute Gasteiger partial charge is 0.136 e. The van der Waals surface area contributed by atoms with Crippen molar-refractivity contribution in [2.24, 2.45) is 5.73 Å². The normalized spacial score (nSPS) is 22.9. The molecule has 1 fully saturated rings. The first kappa shape index (κ1) is 12.3. The number of ether oxygens (including phenoxy) is 1. The van der Waals surface area contributed by atoms with Crippen molar-refractivity contribution in [2.75, 3.05) is 11.9 Å². The van der Waals surface area contributed by atoms with E-state index in [1.165, 1.54) is 0 Å². The lowest BCUT2D eigenvalue weighted by Gasteiger charge is -2.36. The zero-order valence-electron chi connectivity index (χ0n) is 9.85. The molecule has 1 aromatic heterocycles. The van der Waals surface area contributed by atoms with Crippen LogP contribution in [0.3, 0.4) is 0 Å². The lowest BCUT2D eigenvalue weighted by Crippen LogP contribution is -2.41. The van der Waals surface area contributed by atoms with E-state index in [1.807, 2.05) is 19.1 Å². The molecule has 1 aromatic rings. The van der Waals surface area contributed by atoms with Gasteiger partial charge in [0, 0.05) is 18.8 Å². The van der Waals surface area contributed by atoms with Crippen LogP contribution in [0.4, 0.5) is 5.82 Å². The summed E-state index contributed by atoms with van der Waals surface area (Å²) in [6, 6.07) is 4.13. The molecule has 1 aliphatic carbocycles. The number of nitrogens with one attached hydrogen (secondary N) is 1. The molecule has 0 aliphatic heterocycles. The molecule has 0 saturated heterocycles. The largest absolute Gasteiger partial charge is 0.389 e. The number of hydrogen-bond acceptors (Lipinski definition) is 4. The van der Waals surface area contributed by atoms with E-state index in [2.05, 4.69) is 10.3 Å². The van der Waals surface area contributed by atoms with Gasteiger partial charge in [-0.2, -0.15) is 0 Å². The third-order valence-corrected chi connectivity index (χ3v) is 3.13. The third kappa shape index (κ3) is 2.92. The Morgan fingerprint density at radius 1 is 1.65 bits per heavy atom. The minimum absolute atomic E-state index is 0.376. The van der Waals surface area contributed by atoms with Crippen molar-refractivity contribution in [3.63, 3.8) is 0 Å².